The number of nitrogens with zero attached hydrogens (tertiary/aromatic N) is 1. The van der Waals surface area contributed by atoms with Gasteiger partial charge in [0.1, 0.15) is 11.8 Å². The fourth-order valence-electron chi connectivity index (χ4n) is 1.72. The third kappa shape index (κ3) is 4.35. The summed E-state index contributed by atoms with van der Waals surface area (Å²) >= 11 is 0. The first-order valence-electron chi connectivity index (χ1n) is 5.74. The van der Waals surface area contributed by atoms with Gasteiger partial charge in [-0.25, -0.2) is 14.0 Å². The van der Waals surface area contributed by atoms with E-state index >= 15 is 0 Å². The Balaban J connectivity index is 2.72. The molecule has 0 radical (unpaired) electrons. The number of carboxylic acid groups (broad SMARTS) is 1. The van der Waals surface area contributed by atoms with Crippen molar-refractivity contribution in [3.05, 3.63) is 12.2 Å². The zero-order valence-electron chi connectivity index (χ0n) is 10.7. The van der Waals surface area contributed by atoms with Crippen LogP contribution in [0.1, 0.15) is 27.2 Å². The summed E-state index contributed by atoms with van der Waals surface area (Å²) < 4.78 is 18.5. The minimum Gasteiger partial charge on any atom is -0.478 e. The number of hydrogen-bond acceptors (Lipinski definition) is 3. The van der Waals surface area contributed by atoms with E-state index in [-0.39, 0.29) is 13.0 Å². The molecule has 18 heavy (non-hydrogen) atoms. The van der Waals surface area contributed by atoms with Crippen LogP contribution >= 0.6 is 0 Å². The van der Waals surface area contributed by atoms with E-state index in [9.17, 15) is 14.0 Å². The Morgan fingerprint density at radius 3 is 2.56 bits per heavy atom. The van der Waals surface area contributed by atoms with Gasteiger partial charge in [0.05, 0.1) is 12.6 Å². The summed E-state index contributed by atoms with van der Waals surface area (Å²) in [4.78, 5) is 23.5. The van der Waals surface area contributed by atoms with Crippen LogP contribution in [0.5, 0.6) is 0 Å². The van der Waals surface area contributed by atoms with Crippen molar-refractivity contribution in [2.45, 2.75) is 45.0 Å². The maximum Gasteiger partial charge on any atom is 0.410 e. The molecule has 1 aliphatic heterocycles. The van der Waals surface area contributed by atoms with Crippen LogP contribution in [0.3, 0.4) is 0 Å². The molecule has 1 heterocycles. The topological polar surface area (TPSA) is 66.8 Å². The van der Waals surface area contributed by atoms with E-state index in [2.05, 4.69) is 0 Å². The van der Waals surface area contributed by atoms with Crippen molar-refractivity contribution in [2.75, 3.05) is 6.54 Å². The van der Waals surface area contributed by atoms with Crippen LogP contribution in [0.4, 0.5) is 9.18 Å². The normalized spacial score (nSPS) is 24.6. The summed E-state index contributed by atoms with van der Waals surface area (Å²) in [5.74, 6) is -1.12. The number of likely N-dealkylation sites (tertiary alicyclic amines) is 1. The predicted octanol–water partition coefficient (Wildman–Crippen LogP) is 1.97. The molecular weight excluding hydrogens is 241 g/mol. The van der Waals surface area contributed by atoms with Gasteiger partial charge < -0.3 is 9.84 Å². The second-order valence-corrected chi connectivity index (χ2v) is 5.23. The molecule has 1 fully saturated rings. The lowest BCUT2D eigenvalue weighted by Crippen LogP contribution is -2.39. The fraction of sp³-hybridized carbons (Fsp3) is 0.667. The van der Waals surface area contributed by atoms with Crippen molar-refractivity contribution in [1.82, 2.24) is 4.90 Å². The number of halogens is 1. The minimum atomic E-state index is -1.15. The highest BCUT2D eigenvalue weighted by Gasteiger charge is 2.36. The monoisotopic (exact) mass is 259 g/mol. The molecule has 0 spiro atoms. The van der Waals surface area contributed by atoms with Crippen LogP contribution in [-0.4, -0.2) is 46.4 Å². The molecule has 1 unspecified atom stereocenters. The van der Waals surface area contributed by atoms with E-state index in [1.54, 1.807) is 20.8 Å². The van der Waals surface area contributed by atoms with E-state index in [4.69, 9.17) is 9.84 Å². The van der Waals surface area contributed by atoms with Gasteiger partial charge in [-0.05, 0) is 20.8 Å². The molecule has 1 amide bonds. The van der Waals surface area contributed by atoms with Gasteiger partial charge >= 0.3 is 12.1 Å². The first-order chi connectivity index (χ1) is 8.19. The highest BCUT2D eigenvalue weighted by atomic mass is 19.1. The van der Waals surface area contributed by atoms with Crippen LogP contribution in [-0.2, 0) is 9.53 Å². The Morgan fingerprint density at radius 2 is 2.06 bits per heavy atom. The lowest BCUT2D eigenvalue weighted by molar-refractivity contribution is -0.131. The molecule has 5 nitrogen and oxygen atoms in total. The number of hydrogen-bond donors (Lipinski definition) is 1. The zero-order chi connectivity index (χ0) is 13.9. The molecule has 0 aromatic rings. The Labute approximate surface area is 105 Å². The molecule has 2 atom stereocenters. The van der Waals surface area contributed by atoms with Crippen molar-refractivity contribution in [2.24, 2.45) is 0 Å². The molecule has 1 N–H and O–H groups in total. The van der Waals surface area contributed by atoms with E-state index in [1.807, 2.05) is 0 Å². The number of aliphatic carboxylic acids is 1. The molecule has 1 rings (SSSR count). The van der Waals surface area contributed by atoms with Crippen LogP contribution in [0.15, 0.2) is 12.2 Å². The molecule has 0 aliphatic carbocycles. The van der Waals surface area contributed by atoms with Crippen LogP contribution < -0.4 is 0 Å². The number of ether oxygens (including phenoxy) is 1. The Kier molecular flexibility index (Phi) is 4.32. The number of carboxylic acids is 1. The molecular formula is C12H18FNO4. The number of rotatable bonds is 2. The molecule has 1 saturated heterocycles. The smallest absolute Gasteiger partial charge is 0.410 e. The third-order valence-electron chi connectivity index (χ3n) is 2.38. The van der Waals surface area contributed by atoms with Crippen molar-refractivity contribution in [3.8, 4) is 0 Å². The van der Waals surface area contributed by atoms with Crippen LogP contribution in [0.2, 0.25) is 0 Å². The van der Waals surface area contributed by atoms with E-state index in [0.29, 0.717) is 0 Å². The van der Waals surface area contributed by atoms with Gasteiger partial charge in [-0.3, -0.25) is 4.90 Å². The summed E-state index contributed by atoms with van der Waals surface area (Å²) in [5, 5.41) is 8.54. The number of alkyl halides is 1. The maximum atomic E-state index is 13.3. The lowest BCUT2D eigenvalue weighted by atomic mass is 10.2. The number of carbonyl (C=O) groups is 2. The largest absolute Gasteiger partial charge is 0.478 e. The van der Waals surface area contributed by atoms with E-state index in [1.165, 1.54) is 11.0 Å². The highest BCUT2D eigenvalue weighted by molar-refractivity contribution is 5.80. The van der Waals surface area contributed by atoms with Gasteiger partial charge in [0, 0.05) is 12.5 Å². The first kappa shape index (κ1) is 14.5. The van der Waals surface area contributed by atoms with Gasteiger partial charge in [0.15, 0.2) is 0 Å². The summed E-state index contributed by atoms with van der Waals surface area (Å²) in [5.41, 5.74) is -0.660. The standard InChI is InChI=1S/C12H18FNO4/c1-12(2,3)18-11(17)14-7-8(13)6-9(14)4-5-10(15)16/h4-5,8-9H,6-7H2,1-3H3,(H,15,16)/b5-4+/t8-,9?/m1/s1. The third-order valence-corrected chi connectivity index (χ3v) is 2.38. The molecule has 0 saturated carbocycles. The van der Waals surface area contributed by atoms with Crippen molar-refractivity contribution >= 4 is 12.1 Å². The van der Waals surface area contributed by atoms with Gasteiger partial charge in [-0.2, -0.15) is 0 Å². The number of carbonyl (C=O) groups excluding carboxylic acids is 1. The Morgan fingerprint density at radius 1 is 1.44 bits per heavy atom. The van der Waals surface area contributed by atoms with E-state index < -0.39 is 29.9 Å². The summed E-state index contributed by atoms with van der Waals surface area (Å²) in [6, 6.07) is -0.564. The maximum absolute atomic E-state index is 13.3. The van der Waals surface area contributed by atoms with Gasteiger partial charge in [-0.15, -0.1) is 0 Å². The molecule has 0 bridgehead atoms. The van der Waals surface area contributed by atoms with Crippen molar-refractivity contribution < 1.29 is 23.8 Å². The number of amides is 1. The van der Waals surface area contributed by atoms with E-state index in [0.717, 1.165) is 6.08 Å². The minimum absolute atomic E-state index is 0.0659. The second kappa shape index (κ2) is 5.37. The Hall–Kier alpha value is -1.59. The average Bonchev–Trinajstić information content (AvgIpc) is 2.54. The summed E-state index contributed by atoms with van der Waals surface area (Å²) in [6.45, 7) is 5.09. The zero-order valence-corrected chi connectivity index (χ0v) is 10.7. The average molecular weight is 259 g/mol. The SMILES string of the molecule is CC(C)(C)OC(=O)N1C[C@H](F)CC1/C=C/C(=O)O. The molecule has 102 valence electrons. The molecule has 1 aliphatic rings. The second-order valence-electron chi connectivity index (χ2n) is 5.23. The van der Waals surface area contributed by atoms with Gasteiger partial charge in [0.2, 0.25) is 0 Å². The Bertz CT molecular complexity index is 362. The molecule has 0 aromatic carbocycles. The summed E-state index contributed by atoms with van der Waals surface area (Å²) in [7, 11) is 0. The van der Waals surface area contributed by atoms with Gasteiger partial charge in [-0.1, -0.05) is 6.08 Å². The lowest BCUT2D eigenvalue weighted by Gasteiger charge is -2.27. The summed E-state index contributed by atoms with van der Waals surface area (Å²) in [6.07, 6.45) is 0.554. The van der Waals surface area contributed by atoms with Crippen LogP contribution in [0.25, 0.3) is 0 Å². The fourth-order valence-corrected chi connectivity index (χ4v) is 1.72. The predicted molar refractivity (Wildman–Crippen MR) is 63.0 cm³/mol. The quantitative estimate of drug-likeness (QED) is 0.770. The molecule has 0 aromatic heterocycles. The van der Waals surface area contributed by atoms with Crippen molar-refractivity contribution in [1.29, 1.82) is 0 Å². The van der Waals surface area contributed by atoms with Crippen LogP contribution in [0, 0.1) is 0 Å². The first-order valence-corrected chi connectivity index (χ1v) is 5.74. The van der Waals surface area contributed by atoms with Gasteiger partial charge in [0.25, 0.3) is 0 Å². The molecule has 6 heteroatoms. The van der Waals surface area contributed by atoms with Crippen molar-refractivity contribution in [3.63, 3.8) is 0 Å². The highest BCUT2D eigenvalue weighted by Crippen LogP contribution is 2.23.